The zero-order valence-corrected chi connectivity index (χ0v) is 11.2. The van der Waals surface area contributed by atoms with Crippen LogP contribution in [0.1, 0.15) is 26.7 Å². The number of aromatic hydroxyl groups is 1. The molecular weight excluding hydrogens is 246 g/mol. The lowest BCUT2D eigenvalue weighted by Gasteiger charge is -2.33. The lowest BCUT2D eigenvalue weighted by molar-refractivity contribution is 0.0301. The van der Waals surface area contributed by atoms with Gasteiger partial charge in [-0.15, -0.1) is 0 Å². The van der Waals surface area contributed by atoms with Gasteiger partial charge in [0.15, 0.2) is 0 Å². The van der Waals surface area contributed by atoms with Crippen LogP contribution in [0.4, 0.5) is 5.82 Å². The highest BCUT2D eigenvalue weighted by molar-refractivity contribution is 5.43. The van der Waals surface area contributed by atoms with Crippen molar-refractivity contribution < 1.29 is 14.6 Å². The lowest BCUT2D eigenvalue weighted by atomic mass is 10.2. The van der Waals surface area contributed by atoms with Crippen LogP contribution in [-0.4, -0.2) is 46.5 Å². The summed E-state index contributed by atoms with van der Waals surface area (Å²) in [5, 5.41) is 9.62. The third kappa shape index (κ3) is 2.73. The Kier molecular flexibility index (Phi) is 3.18. The van der Waals surface area contributed by atoms with Gasteiger partial charge in [-0.25, -0.2) is 0 Å². The Labute approximate surface area is 112 Å². The monoisotopic (exact) mass is 265 g/mol. The predicted octanol–water partition coefficient (Wildman–Crippen LogP) is 1.34. The highest BCUT2D eigenvalue weighted by atomic mass is 16.5. The number of aromatic nitrogens is 2. The predicted molar refractivity (Wildman–Crippen MR) is 69.6 cm³/mol. The van der Waals surface area contributed by atoms with Gasteiger partial charge in [-0.3, -0.25) is 0 Å². The van der Waals surface area contributed by atoms with Gasteiger partial charge < -0.3 is 19.5 Å². The first-order chi connectivity index (χ1) is 9.10. The molecular formula is C13H19N3O3. The van der Waals surface area contributed by atoms with Crippen LogP contribution < -0.4 is 9.64 Å². The van der Waals surface area contributed by atoms with E-state index in [9.17, 15) is 5.11 Å². The molecule has 19 heavy (non-hydrogen) atoms. The Morgan fingerprint density at radius 2 is 2.00 bits per heavy atom. The molecule has 2 fully saturated rings. The molecule has 2 unspecified atom stereocenters. The molecule has 6 nitrogen and oxygen atoms in total. The molecule has 2 aliphatic heterocycles. The molecule has 1 N–H and O–H groups in total. The highest BCUT2D eigenvalue weighted by Gasteiger charge is 2.34. The summed E-state index contributed by atoms with van der Waals surface area (Å²) in [4.78, 5) is 10.1. The van der Waals surface area contributed by atoms with Crippen LogP contribution in [0.25, 0.3) is 0 Å². The maximum Gasteiger partial charge on any atom is 0.319 e. The zero-order chi connectivity index (χ0) is 13.4. The van der Waals surface area contributed by atoms with Gasteiger partial charge in [0.2, 0.25) is 5.88 Å². The molecule has 2 bridgehead atoms. The molecule has 0 saturated carbocycles. The first-order valence-corrected chi connectivity index (χ1v) is 6.75. The Bertz CT molecular complexity index is 454. The molecule has 3 rings (SSSR count). The van der Waals surface area contributed by atoms with E-state index in [1.54, 1.807) is 6.07 Å². The molecule has 104 valence electrons. The minimum absolute atomic E-state index is 0.0167. The summed E-state index contributed by atoms with van der Waals surface area (Å²) < 4.78 is 11.3. The fourth-order valence-corrected chi connectivity index (χ4v) is 2.67. The number of nitrogens with zero attached hydrogens (tertiary/aromatic N) is 3. The van der Waals surface area contributed by atoms with Gasteiger partial charge in [0, 0.05) is 19.2 Å². The van der Waals surface area contributed by atoms with Crippen LogP contribution in [0.2, 0.25) is 0 Å². The van der Waals surface area contributed by atoms with E-state index in [0.717, 1.165) is 25.9 Å². The summed E-state index contributed by atoms with van der Waals surface area (Å²) in [6.45, 7) is 5.48. The van der Waals surface area contributed by atoms with Crippen LogP contribution >= 0.6 is 0 Å². The number of ether oxygens (including phenoxy) is 2. The van der Waals surface area contributed by atoms with E-state index < -0.39 is 0 Å². The number of morpholine rings is 1. The van der Waals surface area contributed by atoms with E-state index in [1.807, 2.05) is 13.8 Å². The Morgan fingerprint density at radius 1 is 1.32 bits per heavy atom. The molecule has 0 aromatic carbocycles. The minimum Gasteiger partial charge on any atom is -0.479 e. The van der Waals surface area contributed by atoms with Crippen LogP contribution in [-0.2, 0) is 4.74 Å². The summed E-state index contributed by atoms with van der Waals surface area (Å²) in [5.41, 5.74) is 0. The number of hydrogen-bond donors (Lipinski definition) is 1. The number of fused-ring (bicyclic) bond motifs is 2. The van der Waals surface area contributed by atoms with Gasteiger partial charge in [0.1, 0.15) is 5.82 Å². The van der Waals surface area contributed by atoms with Crippen molar-refractivity contribution in [2.75, 3.05) is 18.0 Å². The van der Waals surface area contributed by atoms with Crippen LogP contribution in [0, 0.1) is 0 Å². The third-order valence-electron chi connectivity index (χ3n) is 3.40. The summed E-state index contributed by atoms with van der Waals surface area (Å²) in [6, 6.07) is 1.54. The average molecular weight is 265 g/mol. The van der Waals surface area contributed by atoms with Crippen molar-refractivity contribution in [2.45, 2.75) is 45.0 Å². The van der Waals surface area contributed by atoms with Crippen molar-refractivity contribution in [3.63, 3.8) is 0 Å². The number of anilines is 1. The van der Waals surface area contributed by atoms with Crippen molar-refractivity contribution >= 4 is 5.82 Å². The zero-order valence-electron chi connectivity index (χ0n) is 11.2. The van der Waals surface area contributed by atoms with Gasteiger partial charge >= 0.3 is 6.01 Å². The largest absolute Gasteiger partial charge is 0.479 e. The third-order valence-corrected chi connectivity index (χ3v) is 3.40. The second-order valence-electron chi connectivity index (χ2n) is 5.39. The van der Waals surface area contributed by atoms with Crippen molar-refractivity contribution in [1.82, 2.24) is 9.97 Å². The smallest absolute Gasteiger partial charge is 0.319 e. The highest BCUT2D eigenvalue weighted by Crippen LogP contribution is 2.30. The summed E-state index contributed by atoms with van der Waals surface area (Å²) in [5.74, 6) is 1.12. The van der Waals surface area contributed by atoms with Gasteiger partial charge in [-0.2, -0.15) is 9.97 Å². The fraction of sp³-hybridized carbons (Fsp3) is 0.692. The molecule has 6 heteroatoms. The van der Waals surface area contributed by atoms with Crippen molar-refractivity contribution in [2.24, 2.45) is 0 Å². The second-order valence-corrected chi connectivity index (χ2v) is 5.39. The topological polar surface area (TPSA) is 67.7 Å². The van der Waals surface area contributed by atoms with Crippen LogP contribution in [0.15, 0.2) is 6.07 Å². The fourth-order valence-electron chi connectivity index (χ4n) is 2.67. The summed E-state index contributed by atoms with van der Waals surface area (Å²) in [7, 11) is 0. The van der Waals surface area contributed by atoms with E-state index in [0.29, 0.717) is 11.7 Å². The maximum atomic E-state index is 9.62. The quantitative estimate of drug-likeness (QED) is 0.889. The lowest BCUT2D eigenvalue weighted by Crippen LogP contribution is -2.43. The molecule has 3 heterocycles. The molecule has 1 aromatic heterocycles. The van der Waals surface area contributed by atoms with E-state index in [-0.39, 0.29) is 24.3 Å². The van der Waals surface area contributed by atoms with Crippen molar-refractivity contribution in [3.05, 3.63) is 6.07 Å². The second kappa shape index (κ2) is 4.85. The van der Waals surface area contributed by atoms with E-state index in [1.165, 1.54) is 0 Å². The van der Waals surface area contributed by atoms with Crippen LogP contribution in [0.5, 0.6) is 11.9 Å². The van der Waals surface area contributed by atoms with Crippen molar-refractivity contribution in [3.8, 4) is 11.9 Å². The van der Waals surface area contributed by atoms with Gasteiger partial charge in [0.05, 0.1) is 18.3 Å². The SMILES string of the molecule is CC(C)Oc1cc(N2CC3CCC(C2)O3)nc(O)n1. The van der Waals surface area contributed by atoms with Gasteiger partial charge in [0.25, 0.3) is 0 Å². The number of rotatable bonds is 3. The summed E-state index contributed by atoms with van der Waals surface area (Å²) >= 11 is 0. The standard InChI is InChI=1S/C13H19N3O3/c1-8(2)18-12-5-11(14-13(17)15-12)16-6-9-3-4-10(7-16)19-9/h5,8-10H,3-4,6-7H2,1-2H3,(H,14,15,17). The van der Waals surface area contributed by atoms with Gasteiger partial charge in [-0.05, 0) is 26.7 Å². The average Bonchev–Trinajstić information content (AvgIpc) is 2.66. The molecule has 0 amide bonds. The van der Waals surface area contributed by atoms with E-state index in [4.69, 9.17) is 9.47 Å². The first kappa shape index (κ1) is 12.5. The van der Waals surface area contributed by atoms with Gasteiger partial charge in [-0.1, -0.05) is 0 Å². The van der Waals surface area contributed by atoms with Crippen LogP contribution in [0.3, 0.4) is 0 Å². The summed E-state index contributed by atoms with van der Waals surface area (Å²) in [6.07, 6.45) is 2.79. The number of hydrogen-bond acceptors (Lipinski definition) is 6. The first-order valence-electron chi connectivity index (χ1n) is 6.75. The Morgan fingerprint density at radius 3 is 2.63 bits per heavy atom. The molecule has 2 atom stereocenters. The maximum absolute atomic E-state index is 9.62. The molecule has 2 saturated heterocycles. The Balaban J connectivity index is 1.81. The van der Waals surface area contributed by atoms with Crippen molar-refractivity contribution in [1.29, 1.82) is 0 Å². The normalized spacial score (nSPS) is 25.9. The Hall–Kier alpha value is -1.56. The van der Waals surface area contributed by atoms with E-state index in [2.05, 4.69) is 14.9 Å². The molecule has 0 spiro atoms. The molecule has 0 radical (unpaired) electrons. The molecule has 1 aromatic rings. The molecule has 2 aliphatic rings. The van der Waals surface area contributed by atoms with E-state index >= 15 is 0 Å². The molecule has 0 aliphatic carbocycles. The minimum atomic E-state index is -0.244.